The van der Waals surface area contributed by atoms with Crippen molar-refractivity contribution in [2.45, 2.75) is 13.8 Å². The van der Waals surface area contributed by atoms with E-state index in [0.29, 0.717) is 24.2 Å². The summed E-state index contributed by atoms with van der Waals surface area (Å²) in [4.78, 5) is 8.53. The molecule has 0 N–H and O–H groups in total. The molecule has 1 aromatic carbocycles. The molecule has 0 atom stereocenters. The van der Waals surface area contributed by atoms with E-state index in [4.69, 9.17) is 9.26 Å². The minimum absolute atomic E-state index is 0.548. The van der Waals surface area contributed by atoms with Crippen molar-refractivity contribution < 1.29 is 9.26 Å². The molecule has 106 valence electrons. The lowest BCUT2D eigenvalue weighted by Gasteiger charge is -2.09. The van der Waals surface area contributed by atoms with Crippen LogP contribution in [-0.2, 0) is 0 Å². The van der Waals surface area contributed by atoms with E-state index in [0.717, 1.165) is 16.7 Å². The van der Waals surface area contributed by atoms with Crippen LogP contribution in [0, 0.1) is 6.92 Å². The van der Waals surface area contributed by atoms with Crippen LogP contribution in [0.2, 0.25) is 0 Å². The predicted octanol–water partition coefficient (Wildman–Crippen LogP) is 3.51. The highest BCUT2D eigenvalue weighted by molar-refractivity contribution is 5.73. The summed E-state index contributed by atoms with van der Waals surface area (Å²) in [6.45, 7) is 4.29. The average molecular weight is 281 g/mol. The van der Waals surface area contributed by atoms with Gasteiger partial charge in [0.2, 0.25) is 17.6 Å². The quantitative estimate of drug-likeness (QED) is 0.732. The van der Waals surface area contributed by atoms with Crippen LogP contribution in [0.3, 0.4) is 0 Å². The van der Waals surface area contributed by atoms with Crippen molar-refractivity contribution in [3.8, 4) is 28.4 Å². The molecular formula is C16H15N3O2. The van der Waals surface area contributed by atoms with Gasteiger partial charge in [0, 0.05) is 24.2 Å². The summed E-state index contributed by atoms with van der Waals surface area (Å²) in [6.07, 6.45) is 1.72. The first-order valence-corrected chi connectivity index (χ1v) is 6.77. The summed E-state index contributed by atoms with van der Waals surface area (Å²) in [5.74, 6) is 1.75. The lowest BCUT2D eigenvalue weighted by molar-refractivity contribution is 0.328. The third-order valence-corrected chi connectivity index (χ3v) is 3.01. The minimum Gasteiger partial charge on any atom is -0.478 e. The van der Waals surface area contributed by atoms with Gasteiger partial charge in [0.25, 0.3) is 0 Å². The molecule has 2 aromatic heterocycles. The van der Waals surface area contributed by atoms with Crippen LogP contribution < -0.4 is 4.74 Å². The monoisotopic (exact) mass is 281 g/mol. The number of aromatic nitrogens is 3. The molecule has 0 unspecified atom stereocenters. The van der Waals surface area contributed by atoms with Crippen molar-refractivity contribution in [3.05, 3.63) is 48.5 Å². The van der Waals surface area contributed by atoms with Crippen LogP contribution in [-0.4, -0.2) is 21.7 Å². The lowest BCUT2D eigenvalue weighted by Crippen LogP contribution is -1.96. The molecule has 3 aromatic rings. The molecule has 0 spiro atoms. The van der Waals surface area contributed by atoms with Crippen LogP contribution in [0.15, 0.2) is 47.1 Å². The first-order chi connectivity index (χ1) is 10.3. The maximum atomic E-state index is 5.58. The topological polar surface area (TPSA) is 61.0 Å². The molecule has 0 aliphatic rings. The normalized spacial score (nSPS) is 10.6. The molecule has 0 amide bonds. The van der Waals surface area contributed by atoms with Crippen molar-refractivity contribution >= 4 is 0 Å². The van der Waals surface area contributed by atoms with Crippen molar-refractivity contribution in [2.24, 2.45) is 0 Å². The molecule has 0 fully saturated rings. The van der Waals surface area contributed by atoms with Crippen LogP contribution in [0.5, 0.6) is 5.88 Å². The Morgan fingerprint density at radius 1 is 1.14 bits per heavy atom. The molecule has 5 heteroatoms. The standard InChI is InChI=1S/C16H15N3O2/c1-3-20-16-14(8-5-9-17-16)12-6-4-7-13(10-12)15-18-11(2)21-19-15/h4-10H,3H2,1-2H3. The van der Waals surface area contributed by atoms with E-state index in [1.54, 1.807) is 13.1 Å². The Morgan fingerprint density at radius 3 is 2.76 bits per heavy atom. The van der Waals surface area contributed by atoms with E-state index in [9.17, 15) is 0 Å². The average Bonchev–Trinajstić information content (AvgIpc) is 2.95. The third kappa shape index (κ3) is 2.76. The molecule has 0 aliphatic heterocycles. The minimum atomic E-state index is 0.548. The Hall–Kier alpha value is -2.69. The number of ether oxygens (including phenoxy) is 1. The Balaban J connectivity index is 2.04. The van der Waals surface area contributed by atoms with Crippen LogP contribution in [0.25, 0.3) is 22.5 Å². The predicted molar refractivity (Wildman–Crippen MR) is 78.9 cm³/mol. The van der Waals surface area contributed by atoms with Gasteiger partial charge in [-0.1, -0.05) is 23.4 Å². The van der Waals surface area contributed by atoms with Gasteiger partial charge in [0.15, 0.2) is 0 Å². The van der Waals surface area contributed by atoms with Gasteiger partial charge in [-0.2, -0.15) is 4.98 Å². The highest BCUT2D eigenvalue weighted by Crippen LogP contribution is 2.30. The van der Waals surface area contributed by atoms with E-state index in [1.807, 2.05) is 43.3 Å². The molecule has 0 radical (unpaired) electrons. The molecular weight excluding hydrogens is 266 g/mol. The molecule has 0 aliphatic carbocycles. The fourth-order valence-corrected chi connectivity index (χ4v) is 2.10. The largest absolute Gasteiger partial charge is 0.478 e. The highest BCUT2D eigenvalue weighted by Gasteiger charge is 2.10. The summed E-state index contributed by atoms with van der Waals surface area (Å²) in [5.41, 5.74) is 2.85. The maximum absolute atomic E-state index is 5.58. The Labute approximate surface area is 122 Å². The molecule has 0 saturated heterocycles. The van der Waals surface area contributed by atoms with Crippen molar-refractivity contribution in [2.75, 3.05) is 6.61 Å². The molecule has 0 saturated carbocycles. The third-order valence-electron chi connectivity index (χ3n) is 3.01. The summed E-state index contributed by atoms with van der Waals surface area (Å²) in [5, 5.41) is 3.95. The molecule has 0 bridgehead atoms. The Bertz CT molecular complexity index is 753. The number of pyridine rings is 1. The number of hydrogen-bond donors (Lipinski definition) is 0. The second-order valence-electron chi connectivity index (χ2n) is 4.51. The van der Waals surface area contributed by atoms with E-state index in [1.165, 1.54) is 0 Å². The van der Waals surface area contributed by atoms with Gasteiger partial charge >= 0.3 is 0 Å². The van der Waals surface area contributed by atoms with Gasteiger partial charge in [-0.15, -0.1) is 0 Å². The summed E-state index contributed by atoms with van der Waals surface area (Å²) < 4.78 is 10.6. The summed E-state index contributed by atoms with van der Waals surface area (Å²) >= 11 is 0. The van der Waals surface area contributed by atoms with Crippen LogP contribution in [0.4, 0.5) is 0 Å². The van der Waals surface area contributed by atoms with Crippen LogP contribution in [0.1, 0.15) is 12.8 Å². The zero-order valence-electron chi connectivity index (χ0n) is 11.9. The molecule has 21 heavy (non-hydrogen) atoms. The summed E-state index contributed by atoms with van der Waals surface area (Å²) in [6, 6.07) is 11.8. The zero-order chi connectivity index (χ0) is 14.7. The number of nitrogens with zero attached hydrogens (tertiary/aromatic N) is 3. The summed E-state index contributed by atoms with van der Waals surface area (Å²) in [7, 11) is 0. The Morgan fingerprint density at radius 2 is 2.00 bits per heavy atom. The van der Waals surface area contributed by atoms with E-state index in [2.05, 4.69) is 15.1 Å². The second kappa shape index (κ2) is 5.75. The maximum Gasteiger partial charge on any atom is 0.223 e. The van der Waals surface area contributed by atoms with Gasteiger partial charge in [-0.3, -0.25) is 0 Å². The van der Waals surface area contributed by atoms with E-state index in [-0.39, 0.29) is 0 Å². The van der Waals surface area contributed by atoms with E-state index < -0.39 is 0 Å². The fraction of sp³-hybridized carbons (Fsp3) is 0.188. The SMILES string of the molecule is CCOc1ncccc1-c1cccc(-c2noc(C)n2)c1. The first kappa shape index (κ1) is 13.3. The van der Waals surface area contributed by atoms with Gasteiger partial charge in [0.05, 0.1) is 6.61 Å². The van der Waals surface area contributed by atoms with Crippen molar-refractivity contribution in [1.82, 2.24) is 15.1 Å². The van der Waals surface area contributed by atoms with Gasteiger partial charge in [0.1, 0.15) is 0 Å². The zero-order valence-corrected chi connectivity index (χ0v) is 11.9. The van der Waals surface area contributed by atoms with Crippen LogP contribution >= 0.6 is 0 Å². The van der Waals surface area contributed by atoms with Gasteiger partial charge in [-0.25, -0.2) is 4.98 Å². The Kier molecular flexibility index (Phi) is 3.64. The molecule has 5 nitrogen and oxygen atoms in total. The smallest absolute Gasteiger partial charge is 0.223 e. The number of hydrogen-bond acceptors (Lipinski definition) is 5. The highest BCUT2D eigenvalue weighted by atomic mass is 16.5. The van der Waals surface area contributed by atoms with Crippen molar-refractivity contribution in [3.63, 3.8) is 0 Å². The second-order valence-corrected chi connectivity index (χ2v) is 4.51. The van der Waals surface area contributed by atoms with Gasteiger partial charge in [-0.05, 0) is 30.7 Å². The van der Waals surface area contributed by atoms with E-state index >= 15 is 0 Å². The van der Waals surface area contributed by atoms with Crippen molar-refractivity contribution in [1.29, 1.82) is 0 Å². The van der Waals surface area contributed by atoms with Gasteiger partial charge < -0.3 is 9.26 Å². The molecule has 3 rings (SSSR count). The fourth-order valence-electron chi connectivity index (χ4n) is 2.10. The lowest BCUT2D eigenvalue weighted by atomic mass is 10.0. The number of rotatable bonds is 4. The first-order valence-electron chi connectivity index (χ1n) is 6.77. The number of aryl methyl sites for hydroxylation is 1. The number of benzene rings is 1. The molecule has 2 heterocycles.